The normalized spacial score (nSPS) is 17.0. The van der Waals surface area contributed by atoms with Gasteiger partial charge in [-0.3, -0.25) is 9.59 Å². The fourth-order valence-corrected chi connectivity index (χ4v) is 3.12. The largest absolute Gasteiger partial charge is 0.469 e. The number of benzene rings is 1. The first kappa shape index (κ1) is 19.4. The maximum absolute atomic E-state index is 12.8. The molecule has 1 unspecified atom stereocenters. The highest BCUT2D eigenvalue weighted by molar-refractivity contribution is 5.87. The SMILES string of the molecule is COC(=O)C(CCCc1ccccc1)[C@@H](OC)C(=O)N1CCOCC1. The van der Waals surface area contributed by atoms with Crippen molar-refractivity contribution in [3.8, 4) is 0 Å². The summed E-state index contributed by atoms with van der Waals surface area (Å²) in [6.07, 6.45) is 1.34. The summed E-state index contributed by atoms with van der Waals surface area (Å²) < 4.78 is 15.6. The Morgan fingerprint density at radius 2 is 1.84 bits per heavy atom. The van der Waals surface area contributed by atoms with E-state index in [0.29, 0.717) is 32.7 Å². The molecule has 6 heteroatoms. The number of nitrogens with zero attached hydrogens (tertiary/aromatic N) is 1. The smallest absolute Gasteiger partial charge is 0.311 e. The molecule has 1 heterocycles. The third-order valence-corrected chi connectivity index (χ3v) is 4.51. The molecule has 1 fully saturated rings. The van der Waals surface area contributed by atoms with Crippen molar-refractivity contribution in [3.63, 3.8) is 0 Å². The van der Waals surface area contributed by atoms with Gasteiger partial charge in [0, 0.05) is 20.2 Å². The molecule has 1 aliphatic rings. The number of rotatable bonds is 8. The Balaban J connectivity index is 2.00. The maximum Gasteiger partial charge on any atom is 0.311 e. The van der Waals surface area contributed by atoms with Crippen molar-refractivity contribution in [2.24, 2.45) is 5.92 Å². The van der Waals surface area contributed by atoms with Gasteiger partial charge in [-0.25, -0.2) is 0 Å². The van der Waals surface area contributed by atoms with Gasteiger partial charge in [0.15, 0.2) is 0 Å². The van der Waals surface area contributed by atoms with E-state index in [1.165, 1.54) is 19.8 Å². The van der Waals surface area contributed by atoms with Crippen LogP contribution in [0.15, 0.2) is 30.3 Å². The van der Waals surface area contributed by atoms with Crippen LogP contribution < -0.4 is 0 Å². The van der Waals surface area contributed by atoms with Crippen LogP contribution >= 0.6 is 0 Å². The second-order valence-corrected chi connectivity index (χ2v) is 6.10. The van der Waals surface area contributed by atoms with E-state index in [9.17, 15) is 9.59 Å². The predicted octanol–water partition coefficient (Wildman–Crippen LogP) is 1.67. The summed E-state index contributed by atoms with van der Waals surface area (Å²) in [6, 6.07) is 10.1. The monoisotopic (exact) mass is 349 g/mol. The number of hydrogen-bond acceptors (Lipinski definition) is 5. The summed E-state index contributed by atoms with van der Waals surface area (Å²) in [4.78, 5) is 26.7. The molecular formula is C19H27NO5. The lowest BCUT2D eigenvalue weighted by atomic mass is 9.93. The number of carbonyl (C=O) groups excluding carboxylic acids is 2. The van der Waals surface area contributed by atoms with E-state index in [4.69, 9.17) is 14.2 Å². The summed E-state index contributed by atoms with van der Waals surface area (Å²) >= 11 is 0. The minimum absolute atomic E-state index is 0.166. The zero-order valence-electron chi connectivity index (χ0n) is 15.0. The molecule has 1 aromatic carbocycles. The Kier molecular flexibility index (Phi) is 7.88. The number of esters is 1. The minimum Gasteiger partial charge on any atom is -0.469 e. The first-order valence-corrected chi connectivity index (χ1v) is 8.68. The van der Waals surface area contributed by atoms with Crippen LogP contribution in [0.25, 0.3) is 0 Å². The first-order chi connectivity index (χ1) is 12.2. The average Bonchev–Trinajstić information content (AvgIpc) is 2.68. The van der Waals surface area contributed by atoms with E-state index in [-0.39, 0.29) is 5.91 Å². The molecule has 25 heavy (non-hydrogen) atoms. The molecule has 1 aliphatic heterocycles. The highest BCUT2D eigenvalue weighted by Crippen LogP contribution is 2.20. The lowest BCUT2D eigenvalue weighted by molar-refractivity contribution is -0.162. The molecule has 1 aromatic rings. The van der Waals surface area contributed by atoms with E-state index >= 15 is 0 Å². The van der Waals surface area contributed by atoms with Crippen molar-refractivity contribution in [1.29, 1.82) is 0 Å². The van der Waals surface area contributed by atoms with Gasteiger partial charge < -0.3 is 19.1 Å². The summed E-state index contributed by atoms with van der Waals surface area (Å²) in [5, 5.41) is 0. The molecule has 6 nitrogen and oxygen atoms in total. The molecule has 0 radical (unpaired) electrons. The molecular weight excluding hydrogens is 322 g/mol. The first-order valence-electron chi connectivity index (χ1n) is 8.68. The number of methoxy groups -OCH3 is 2. The van der Waals surface area contributed by atoms with Crippen molar-refractivity contribution in [3.05, 3.63) is 35.9 Å². The topological polar surface area (TPSA) is 65.1 Å². The zero-order chi connectivity index (χ0) is 18.1. The zero-order valence-corrected chi connectivity index (χ0v) is 15.0. The van der Waals surface area contributed by atoms with E-state index in [1.807, 2.05) is 18.2 Å². The number of morpholine rings is 1. The number of amides is 1. The van der Waals surface area contributed by atoms with Gasteiger partial charge in [0.1, 0.15) is 6.10 Å². The third kappa shape index (κ3) is 5.54. The van der Waals surface area contributed by atoms with Crippen molar-refractivity contribution in [2.45, 2.75) is 25.4 Å². The lowest BCUT2D eigenvalue weighted by Gasteiger charge is -2.32. The number of carbonyl (C=O) groups is 2. The van der Waals surface area contributed by atoms with Gasteiger partial charge >= 0.3 is 5.97 Å². The van der Waals surface area contributed by atoms with Crippen molar-refractivity contribution in [1.82, 2.24) is 4.90 Å². The molecule has 1 saturated heterocycles. The third-order valence-electron chi connectivity index (χ3n) is 4.51. The van der Waals surface area contributed by atoms with E-state index in [2.05, 4.69) is 12.1 Å². The molecule has 0 spiro atoms. The Labute approximate surface area is 149 Å². The molecule has 2 rings (SSSR count). The van der Waals surface area contributed by atoms with E-state index in [0.717, 1.165) is 12.8 Å². The van der Waals surface area contributed by atoms with Crippen LogP contribution in [0.3, 0.4) is 0 Å². The lowest BCUT2D eigenvalue weighted by Crippen LogP contribution is -2.50. The van der Waals surface area contributed by atoms with Crippen LogP contribution in [0.5, 0.6) is 0 Å². The van der Waals surface area contributed by atoms with Crippen LogP contribution in [0.4, 0.5) is 0 Å². The quantitative estimate of drug-likeness (QED) is 0.668. The number of hydrogen-bond donors (Lipinski definition) is 0. The van der Waals surface area contributed by atoms with Crippen LogP contribution in [0.1, 0.15) is 18.4 Å². The fourth-order valence-electron chi connectivity index (χ4n) is 3.12. The summed E-state index contributed by atoms with van der Waals surface area (Å²) in [7, 11) is 2.81. The Bertz CT molecular complexity index is 542. The standard InChI is InChI=1S/C19H27NO5/c1-23-17(18(21)20-11-13-25-14-12-20)16(19(22)24-2)10-6-9-15-7-4-3-5-8-15/h3-5,7-8,16-17H,6,9-14H2,1-2H3/t16?,17-/m1/s1. The van der Waals surface area contributed by atoms with Gasteiger partial charge in [0.05, 0.1) is 26.2 Å². The van der Waals surface area contributed by atoms with Crippen molar-refractivity contribution >= 4 is 11.9 Å². The molecule has 0 N–H and O–H groups in total. The Morgan fingerprint density at radius 3 is 2.44 bits per heavy atom. The van der Waals surface area contributed by atoms with Crippen LogP contribution in [0.2, 0.25) is 0 Å². The van der Waals surface area contributed by atoms with E-state index < -0.39 is 18.0 Å². The van der Waals surface area contributed by atoms with Gasteiger partial charge in [-0.1, -0.05) is 30.3 Å². The van der Waals surface area contributed by atoms with Crippen LogP contribution in [-0.4, -0.2) is 63.4 Å². The molecule has 0 aromatic heterocycles. The molecule has 0 saturated carbocycles. The van der Waals surface area contributed by atoms with Crippen molar-refractivity contribution < 1.29 is 23.8 Å². The van der Waals surface area contributed by atoms with E-state index in [1.54, 1.807) is 4.90 Å². The Morgan fingerprint density at radius 1 is 1.16 bits per heavy atom. The maximum atomic E-state index is 12.8. The second-order valence-electron chi connectivity index (χ2n) is 6.10. The van der Waals surface area contributed by atoms with Gasteiger partial charge in [-0.05, 0) is 24.8 Å². The second kappa shape index (κ2) is 10.2. The van der Waals surface area contributed by atoms with Crippen LogP contribution in [0, 0.1) is 5.92 Å². The average molecular weight is 349 g/mol. The van der Waals surface area contributed by atoms with Gasteiger partial charge in [-0.15, -0.1) is 0 Å². The van der Waals surface area contributed by atoms with Gasteiger partial charge in [-0.2, -0.15) is 0 Å². The van der Waals surface area contributed by atoms with Crippen molar-refractivity contribution in [2.75, 3.05) is 40.5 Å². The summed E-state index contributed by atoms with van der Waals surface area (Å²) in [5.74, 6) is -1.17. The van der Waals surface area contributed by atoms with Gasteiger partial charge in [0.2, 0.25) is 0 Å². The minimum atomic E-state index is -0.818. The molecule has 2 atom stereocenters. The summed E-state index contributed by atoms with van der Waals surface area (Å²) in [6.45, 7) is 2.07. The number of aryl methyl sites for hydroxylation is 1. The molecule has 1 amide bonds. The highest BCUT2D eigenvalue weighted by atomic mass is 16.5. The molecule has 0 aliphatic carbocycles. The highest BCUT2D eigenvalue weighted by Gasteiger charge is 2.37. The molecule has 138 valence electrons. The molecule has 0 bridgehead atoms. The predicted molar refractivity (Wildman–Crippen MR) is 93.1 cm³/mol. The fraction of sp³-hybridized carbons (Fsp3) is 0.579. The van der Waals surface area contributed by atoms with Crippen LogP contribution in [-0.2, 0) is 30.2 Å². The van der Waals surface area contributed by atoms with Gasteiger partial charge in [0.25, 0.3) is 5.91 Å². The number of ether oxygens (including phenoxy) is 3. The Hall–Kier alpha value is -1.92. The summed E-state index contributed by atoms with van der Waals surface area (Å²) in [5.41, 5.74) is 1.21.